The van der Waals surface area contributed by atoms with Crippen molar-refractivity contribution < 1.29 is 9.90 Å². The number of benzene rings is 1. The maximum Gasteiger partial charge on any atom is 0.317 e. The maximum absolute atomic E-state index is 10.8. The molecule has 1 aliphatic heterocycles. The van der Waals surface area contributed by atoms with Gasteiger partial charge < -0.3 is 5.11 Å². The van der Waals surface area contributed by atoms with Crippen LogP contribution in [0, 0.1) is 0 Å². The van der Waals surface area contributed by atoms with Crippen molar-refractivity contribution in [3.63, 3.8) is 0 Å². The molecule has 18 heavy (non-hydrogen) atoms. The van der Waals surface area contributed by atoms with E-state index < -0.39 is 5.97 Å². The van der Waals surface area contributed by atoms with E-state index in [1.807, 2.05) is 28.8 Å². The zero-order valence-electron chi connectivity index (χ0n) is 10.2. The molecule has 2 rings (SSSR count). The van der Waals surface area contributed by atoms with Crippen LogP contribution >= 0.6 is 11.8 Å². The highest BCUT2D eigenvalue weighted by molar-refractivity contribution is 7.99. The van der Waals surface area contributed by atoms with Gasteiger partial charge in [-0.05, 0) is 11.6 Å². The van der Waals surface area contributed by atoms with E-state index in [9.17, 15) is 4.79 Å². The van der Waals surface area contributed by atoms with Crippen molar-refractivity contribution in [2.75, 3.05) is 25.4 Å². The SMILES string of the molecule is C=CCN(CC(=O)O)CC1CSc2ccccc21. The Balaban J connectivity index is 2.04. The monoisotopic (exact) mass is 263 g/mol. The van der Waals surface area contributed by atoms with Gasteiger partial charge in [-0.15, -0.1) is 18.3 Å². The first-order valence-corrected chi connectivity index (χ1v) is 6.96. The van der Waals surface area contributed by atoms with Crippen LogP contribution in [0.3, 0.4) is 0 Å². The van der Waals surface area contributed by atoms with Gasteiger partial charge in [0.1, 0.15) is 0 Å². The fourth-order valence-electron chi connectivity index (χ4n) is 2.27. The fraction of sp³-hybridized carbons (Fsp3) is 0.357. The third-order valence-electron chi connectivity index (χ3n) is 3.02. The Morgan fingerprint density at radius 1 is 1.56 bits per heavy atom. The molecule has 0 aromatic heterocycles. The Bertz CT molecular complexity index is 447. The standard InChI is InChI=1S/C14H17NO2S/c1-2-7-15(9-14(16)17)8-11-10-18-13-6-4-3-5-12(11)13/h2-6,11H,1,7-10H2,(H,16,17). The highest BCUT2D eigenvalue weighted by Crippen LogP contribution is 2.39. The first-order chi connectivity index (χ1) is 8.70. The zero-order chi connectivity index (χ0) is 13.0. The minimum Gasteiger partial charge on any atom is -0.480 e. The van der Waals surface area contributed by atoms with Crippen LogP contribution in [0.15, 0.2) is 41.8 Å². The van der Waals surface area contributed by atoms with Crippen LogP contribution in [-0.4, -0.2) is 41.4 Å². The van der Waals surface area contributed by atoms with Gasteiger partial charge in [0.15, 0.2) is 0 Å². The lowest BCUT2D eigenvalue weighted by Crippen LogP contribution is -2.33. The molecule has 1 N–H and O–H groups in total. The number of hydrogen-bond donors (Lipinski definition) is 1. The van der Waals surface area contributed by atoms with Crippen molar-refractivity contribution in [2.45, 2.75) is 10.8 Å². The molecule has 96 valence electrons. The van der Waals surface area contributed by atoms with Crippen LogP contribution in [0.5, 0.6) is 0 Å². The summed E-state index contributed by atoms with van der Waals surface area (Å²) in [7, 11) is 0. The molecule has 0 fully saturated rings. The number of carbonyl (C=O) groups is 1. The summed E-state index contributed by atoms with van der Waals surface area (Å²) in [6, 6.07) is 8.38. The van der Waals surface area contributed by atoms with Gasteiger partial charge in [-0.1, -0.05) is 24.3 Å². The molecule has 0 amide bonds. The van der Waals surface area contributed by atoms with E-state index in [0.717, 1.165) is 12.3 Å². The Hall–Kier alpha value is -1.26. The van der Waals surface area contributed by atoms with Gasteiger partial charge >= 0.3 is 5.97 Å². The molecule has 1 aliphatic rings. The van der Waals surface area contributed by atoms with Crippen molar-refractivity contribution in [3.05, 3.63) is 42.5 Å². The maximum atomic E-state index is 10.8. The van der Waals surface area contributed by atoms with E-state index in [0.29, 0.717) is 12.5 Å². The number of nitrogens with zero attached hydrogens (tertiary/aromatic N) is 1. The lowest BCUT2D eigenvalue weighted by Gasteiger charge is -2.22. The Morgan fingerprint density at radius 2 is 2.33 bits per heavy atom. The molecule has 1 aromatic carbocycles. The van der Waals surface area contributed by atoms with Gasteiger partial charge in [0, 0.05) is 29.7 Å². The van der Waals surface area contributed by atoms with E-state index in [1.54, 1.807) is 6.08 Å². The molecule has 3 nitrogen and oxygen atoms in total. The summed E-state index contributed by atoms with van der Waals surface area (Å²) < 4.78 is 0. The second-order valence-corrected chi connectivity index (χ2v) is 5.48. The van der Waals surface area contributed by atoms with E-state index in [-0.39, 0.29) is 6.54 Å². The number of hydrogen-bond acceptors (Lipinski definition) is 3. The molecule has 1 atom stereocenters. The van der Waals surface area contributed by atoms with Gasteiger partial charge in [0.05, 0.1) is 6.54 Å². The van der Waals surface area contributed by atoms with Crippen LogP contribution in [0.25, 0.3) is 0 Å². The van der Waals surface area contributed by atoms with E-state index in [2.05, 4.69) is 18.7 Å². The fourth-order valence-corrected chi connectivity index (χ4v) is 3.51. The van der Waals surface area contributed by atoms with Gasteiger partial charge in [0.2, 0.25) is 0 Å². The van der Waals surface area contributed by atoms with Gasteiger partial charge in [-0.25, -0.2) is 0 Å². The number of rotatable bonds is 6. The molecular formula is C14H17NO2S. The van der Waals surface area contributed by atoms with Gasteiger partial charge in [-0.3, -0.25) is 9.69 Å². The summed E-state index contributed by atoms with van der Waals surface area (Å²) in [5.74, 6) is 0.674. The average molecular weight is 263 g/mol. The predicted octanol–water partition coefficient (Wildman–Crippen LogP) is 2.45. The average Bonchev–Trinajstić information content (AvgIpc) is 2.72. The number of aliphatic carboxylic acids is 1. The highest BCUT2D eigenvalue weighted by Gasteiger charge is 2.25. The van der Waals surface area contributed by atoms with E-state index in [4.69, 9.17) is 5.11 Å². The van der Waals surface area contributed by atoms with Crippen molar-refractivity contribution in [1.82, 2.24) is 4.90 Å². The van der Waals surface area contributed by atoms with Gasteiger partial charge in [-0.2, -0.15) is 0 Å². The topological polar surface area (TPSA) is 40.5 Å². The molecule has 0 saturated carbocycles. The molecule has 1 unspecified atom stereocenters. The second kappa shape index (κ2) is 6.07. The summed E-state index contributed by atoms with van der Waals surface area (Å²) >= 11 is 1.86. The van der Waals surface area contributed by atoms with Crippen molar-refractivity contribution in [2.24, 2.45) is 0 Å². The Labute approximate surface area is 111 Å². The Morgan fingerprint density at radius 3 is 3.06 bits per heavy atom. The highest BCUT2D eigenvalue weighted by atomic mass is 32.2. The largest absolute Gasteiger partial charge is 0.480 e. The van der Waals surface area contributed by atoms with Crippen LogP contribution in [0.4, 0.5) is 0 Å². The van der Waals surface area contributed by atoms with Crippen LogP contribution in [0.2, 0.25) is 0 Å². The van der Waals surface area contributed by atoms with Crippen LogP contribution in [0.1, 0.15) is 11.5 Å². The summed E-state index contributed by atoms with van der Waals surface area (Å²) in [5, 5.41) is 8.90. The molecule has 0 aliphatic carbocycles. The first kappa shape index (κ1) is 13.2. The minimum absolute atomic E-state index is 0.0787. The Kier molecular flexibility index (Phi) is 4.44. The first-order valence-electron chi connectivity index (χ1n) is 5.97. The molecule has 1 aromatic rings. The lowest BCUT2D eigenvalue weighted by molar-refractivity contribution is -0.138. The predicted molar refractivity (Wildman–Crippen MR) is 74.2 cm³/mol. The lowest BCUT2D eigenvalue weighted by atomic mass is 10.0. The van der Waals surface area contributed by atoms with E-state index >= 15 is 0 Å². The van der Waals surface area contributed by atoms with Crippen LogP contribution < -0.4 is 0 Å². The summed E-state index contributed by atoms with van der Waals surface area (Å²) in [4.78, 5) is 14.1. The van der Waals surface area contributed by atoms with Gasteiger partial charge in [0.25, 0.3) is 0 Å². The molecule has 0 saturated heterocycles. The number of carboxylic acids is 1. The normalized spacial score (nSPS) is 17.7. The summed E-state index contributed by atoms with van der Waals surface area (Å²) in [5.41, 5.74) is 1.35. The number of fused-ring (bicyclic) bond motifs is 1. The summed E-state index contributed by atoms with van der Waals surface area (Å²) in [6.45, 7) is 5.17. The zero-order valence-corrected chi connectivity index (χ0v) is 11.0. The molecular weight excluding hydrogens is 246 g/mol. The van der Waals surface area contributed by atoms with Crippen LogP contribution in [-0.2, 0) is 4.79 Å². The smallest absolute Gasteiger partial charge is 0.317 e. The quantitative estimate of drug-likeness (QED) is 0.800. The molecule has 0 spiro atoms. The third-order valence-corrected chi connectivity index (χ3v) is 4.28. The van der Waals surface area contributed by atoms with E-state index in [1.165, 1.54) is 10.5 Å². The molecule has 0 bridgehead atoms. The van der Waals surface area contributed by atoms with Crippen molar-refractivity contribution in [1.29, 1.82) is 0 Å². The van der Waals surface area contributed by atoms with Crippen molar-refractivity contribution >= 4 is 17.7 Å². The second-order valence-electron chi connectivity index (χ2n) is 4.42. The number of carboxylic acid groups (broad SMARTS) is 1. The summed E-state index contributed by atoms with van der Waals surface area (Å²) in [6.07, 6.45) is 1.76. The third kappa shape index (κ3) is 3.15. The number of thioether (sulfide) groups is 1. The molecule has 4 heteroatoms. The molecule has 1 heterocycles. The molecule has 0 radical (unpaired) electrons. The minimum atomic E-state index is -0.782. The van der Waals surface area contributed by atoms with Crippen molar-refractivity contribution in [3.8, 4) is 0 Å².